The van der Waals surface area contributed by atoms with Crippen LogP contribution in [-0.2, 0) is 17.8 Å². The van der Waals surface area contributed by atoms with Gasteiger partial charge >= 0.3 is 6.03 Å². The van der Waals surface area contributed by atoms with Gasteiger partial charge < -0.3 is 29.7 Å². The van der Waals surface area contributed by atoms with E-state index in [1.54, 1.807) is 11.2 Å². The van der Waals surface area contributed by atoms with E-state index in [1.165, 1.54) is 0 Å². The van der Waals surface area contributed by atoms with Gasteiger partial charge in [-0.1, -0.05) is 42.5 Å². The van der Waals surface area contributed by atoms with Gasteiger partial charge in [0.2, 0.25) is 0 Å². The number of benzene rings is 3. The van der Waals surface area contributed by atoms with Crippen molar-refractivity contribution in [1.29, 1.82) is 0 Å². The molecule has 3 aromatic carbocycles. The number of amides is 3. The number of imidazole rings is 1. The molecular weight excluding hydrogens is 551 g/mol. The fraction of sp³-hybridized carbons (Fsp3) is 0.276. The van der Waals surface area contributed by atoms with E-state index in [1.807, 2.05) is 71.8 Å². The second-order valence-corrected chi connectivity index (χ2v) is 9.62. The Hall–Kier alpha value is -3.79. The summed E-state index contributed by atoms with van der Waals surface area (Å²) >= 11 is 0. The first-order chi connectivity index (χ1) is 18.7. The molecule has 0 radical (unpaired) electrons. The largest absolute Gasteiger partial charge is 0.378 e. The van der Waals surface area contributed by atoms with Gasteiger partial charge in [-0.3, -0.25) is 4.79 Å². The van der Waals surface area contributed by atoms with Crippen LogP contribution in [0.3, 0.4) is 0 Å². The number of ether oxygens (including phenoxy) is 1. The summed E-state index contributed by atoms with van der Waals surface area (Å²) < 4.78 is 5.37. The Labute approximate surface area is 245 Å². The Bertz CT molecular complexity index is 1450. The third-order valence-corrected chi connectivity index (χ3v) is 7.20. The molecule has 2 N–H and O–H groups in total. The first-order valence-corrected chi connectivity index (χ1v) is 12.9. The van der Waals surface area contributed by atoms with Crippen molar-refractivity contribution in [1.82, 2.24) is 19.8 Å². The predicted octanol–water partition coefficient (Wildman–Crippen LogP) is 4.93. The quantitative estimate of drug-likeness (QED) is 0.356. The summed E-state index contributed by atoms with van der Waals surface area (Å²) in [6, 6.07) is 19.7. The van der Waals surface area contributed by atoms with Gasteiger partial charge in [-0.05, 0) is 34.5 Å². The molecule has 40 heavy (non-hydrogen) atoms. The molecule has 2 aliphatic rings. The van der Waals surface area contributed by atoms with E-state index >= 15 is 0 Å². The molecule has 6 rings (SSSR count). The molecule has 1 fully saturated rings. The topological polar surface area (TPSA) is 93.8 Å². The summed E-state index contributed by atoms with van der Waals surface area (Å²) in [6.45, 7) is 4.57. The number of rotatable bonds is 4. The Morgan fingerprint density at radius 3 is 2.52 bits per heavy atom. The zero-order valence-corrected chi connectivity index (χ0v) is 23.5. The molecule has 0 aliphatic carbocycles. The van der Waals surface area contributed by atoms with Gasteiger partial charge in [0.1, 0.15) is 0 Å². The van der Waals surface area contributed by atoms with Crippen LogP contribution in [0.5, 0.6) is 0 Å². The van der Waals surface area contributed by atoms with Crippen LogP contribution < -0.4 is 10.2 Å². The van der Waals surface area contributed by atoms with Gasteiger partial charge in [0.25, 0.3) is 5.91 Å². The number of anilines is 2. The number of carbonyl (C=O) groups is 2. The summed E-state index contributed by atoms with van der Waals surface area (Å²) in [5, 5.41) is 5.05. The lowest BCUT2D eigenvalue weighted by molar-refractivity contribution is 0.0564. The lowest BCUT2D eigenvalue weighted by Crippen LogP contribution is -2.43. The average molecular weight is 584 g/mol. The number of morpholine rings is 1. The minimum Gasteiger partial charge on any atom is -0.378 e. The summed E-state index contributed by atoms with van der Waals surface area (Å²) in [4.78, 5) is 39.9. The van der Waals surface area contributed by atoms with Crippen molar-refractivity contribution in [3.05, 3.63) is 90.0 Å². The van der Waals surface area contributed by atoms with Gasteiger partial charge in [-0.25, -0.2) is 9.78 Å². The predicted molar refractivity (Wildman–Crippen MR) is 161 cm³/mol. The van der Waals surface area contributed by atoms with Gasteiger partial charge in [0.15, 0.2) is 0 Å². The van der Waals surface area contributed by atoms with E-state index in [4.69, 9.17) is 4.74 Å². The molecule has 0 unspecified atom stereocenters. The van der Waals surface area contributed by atoms with E-state index < -0.39 is 0 Å². The molecule has 0 atom stereocenters. The number of carbonyl (C=O) groups excluding carboxylic acids is 2. The Morgan fingerprint density at radius 2 is 1.73 bits per heavy atom. The first kappa shape index (κ1) is 29.2. The maximum absolute atomic E-state index is 13.8. The third kappa shape index (κ3) is 6.17. The number of aromatic amines is 1. The zero-order chi connectivity index (χ0) is 25.9. The molecule has 210 valence electrons. The van der Waals surface area contributed by atoms with Crippen molar-refractivity contribution in [3.8, 4) is 0 Å². The van der Waals surface area contributed by atoms with Crippen LogP contribution in [-0.4, -0.2) is 71.1 Å². The highest BCUT2D eigenvalue weighted by molar-refractivity contribution is 6.07. The van der Waals surface area contributed by atoms with Gasteiger partial charge in [0.05, 0.1) is 31.8 Å². The maximum atomic E-state index is 13.8. The number of aromatic nitrogens is 2. The van der Waals surface area contributed by atoms with Crippen LogP contribution >= 0.6 is 24.8 Å². The Morgan fingerprint density at radius 1 is 0.925 bits per heavy atom. The SMILES string of the molecule is Cl.Cl.O=C(Nc1ccc2c(c1)N(Cc1cnc[nH]1)CCN(C(=O)c1cccc3ccccc13)C2)N1CCOCC1. The van der Waals surface area contributed by atoms with Crippen molar-refractivity contribution < 1.29 is 14.3 Å². The number of nitrogens with one attached hydrogen (secondary N) is 2. The number of hydrogen-bond acceptors (Lipinski definition) is 5. The van der Waals surface area contributed by atoms with Crippen LogP contribution in [0.15, 0.2) is 73.2 Å². The minimum atomic E-state index is -0.130. The molecule has 9 nitrogen and oxygen atoms in total. The summed E-state index contributed by atoms with van der Waals surface area (Å²) in [7, 11) is 0. The van der Waals surface area contributed by atoms with Gasteiger partial charge in [0, 0.05) is 55.9 Å². The standard InChI is InChI=1S/C29H30N6O3.2ClH/c36-28(26-7-3-5-21-4-1-2-6-25(21)26)35-11-10-34(19-24-17-30-20-31-24)27-16-23(9-8-22(27)18-35)32-29(37)33-12-14-38-15-13-33;;/h1-9,16-17,20H,10-15,18-19H2,(H,30,31)(H,32,37);2*1H. The normalized spacial score (nSPS) is 14.9. The minimum absolute atomic E-state index is 0. The lowest BCUT2D eigenvalue weighted by Gasteiger charge is -2.28. The molecule has 0 bridgehead atoms. The van der Waals surface area contributed by atoms with Crippen LogP contribution in [0.4, 0.5) is 16.2 Å². The van der Waals surface area contributed by atoms with Crippen LogP contribution in [0.25, 0.3) is 10.8 Å². The second-order valence-electron chi connectivity index (χ2n) is 9.62. The van der Waals surface area contributed by atoms with Crippen LogP contribution in [0, 0.1) is 0 Å². The van der Waals surface area contributed by atoms with Crippen molar-refractivity contribution in [2.45, 2.75) is 13.1 Å². The smallest absolute Gasteiger partial charge is 0.322 e. The fourth-order valence-corrected chi connectivity index (χ4v) is 5.18. The lowest BCUT2D eigenvalue weighted by atomic mass is 10.0. The fourth-order valence-electron chi connectivity index (χ4n) is 5.18. The zero-order valence-electron chi connectivity index (χ0n) is 21.9. The van der Waals surface area contributed by atoms with E-state index in [-0.39, 0.29) is 36.8 Å². The van der Waals surface area contributed by atoms with Crippen molar-refractivity contribution in [2.24, 2.45) is 0 Å². The summed E-state index contributed by atoms with van der Waals surface area (Å²) in [5.74, 6) is 0.0147. The van der Waals surface area contributed by atoms with Crippen molar-refractivity contribution >= 4 is 58.9 Å². The molecule has 1 aromatic heterocycles. The average Bonchev–Trinajstić information content (AvgIpc) is 3.41. The molecule has 11 heteroatoms. The molecule has 3 heterocycles. The molecule has 2 aliphatic heterocycles. The van der Waals surface area contributed by atoms with E-state index in [9.17, 15) is 9.59 Å². The monoisotopic (exact) mass is 582 g/mol. The number of halogens is 2. The highest BCUT2D eigenvalue weighted by Gasteiger charge is 2.26. The van der Waals surface area contributed by atoms with Crippen LogP contribution in [0.1, 0.15) is 21.6 Å². The molecular formula is C29H32Cl2N6O3. The number of fused-ring (bicyclic) bond motifs is 2. The Kier molecular flexibility index (Phi) is 9.52. The third-order valence-electron chi connectivity index (χ3n) is 7.20. The highest BCUT2D eigenvalue weighted by Crippen LogP contribution is 2.31. The van der Waals surface area contributed by atoms with Gasteiger partial charge in [-0.15, -0.1) is 24.8 Å². The first-order valence-electron chi connectivity index (χ1n) is 12.9. The second kappa shape index (κ2) is 13.0. The number of nitrogens with zero attached hydrogens (tertiary/aromatic N) is 4. The molecule has 1 saturated heterocycles. The highest BCUT2D eigenvalue weighted by atomic mass is 35.5. The van der Waals surface area contributed by atoms with E-state index in [2.05, 4.69) is 20.2 Å². The summed E-state index contributed by atoms with van der Waals surface area (Å²) in [5.41, 5.74) is 4.44. The number of H-pyrrole nitrogens is 1. The van der Waals surface area contributed by atoms with Crippen LogP contribution in [0.2, 0.25) is 0 Å². The molecule has 0 spiro atoms. The molecule has 4 aromatic rings. The number of urea groups is 1. The van der Waals surface area contributed by atoms with Gasteiger partial charge in [-0.2, -0.15) is 0 Å². The number of hydrogen-bond donors (Lipinski definition) is 2. The van der Waals surface area contributed by atoms with E-state index in [0.29, 0.717) is 58.0 Å². The summed E-state index contributed by atoms with van der Waals surface area (Å²) in [6.07, 6.45) is 3.48. The van der Waals surface area contributed by atoms with Crippen molar-refractivity contribution in [2.75, 3.05) is 49.6 Å². The maximum Gasteiger partial charge on any atom is 0.322 e. The molecule has 3 amide bonds. The van der Waals surface area contributed by atoms with Crippen molar-refractivity contribution in [3.63, 3.8) is 0 Å². The Balaban J connectivity index is 0.00000185. The van der Waals surface area contributed by atoms with E-state index in [0.717, 1.165) is 33.4 Å². The molecule has 0 saturated carbocycles.